The molecule has 1 atom stereocenters. The van der Waals surface area contributed by atoms with Gasteiger partial charge in [-0.25, -0.2) is 4.98 Å². The summed E-state index contributed by atoms with van der Waals surface area (Å²) in [4.78, 5) is 45.4. The highest BCUT2D eigenvalue weighted by Crippen LogP contribution is 2.21. The van der Waals surface area contributed by atoms with Crippen LogP contribution in [0.4, 0.5) is 5.95 Å². The number of pyridine rings is 1. The topological polar surface area (TPSA) is 162 Å². The van der Waals surface area contributed by atoms with Crippen molar-refractivity contribution in [3.63, 3.8) is 0 Å². The zero-order chi connectivity index (χ0) is 33.9. The van der Waals surface area contributed by atoms with Gasteiger partial charge in [0.1, 0.15) is 11.6 Å². The predicted molar refractivity (Wildman–Crippen MR) is 186 cm³/mol. The van der Waals surface area contributed by atoms with E-state index in [0.717, 1.165) is 48.4 Å². The number of amides is 1. The molecule has 0 aliphatic heterocycles. The van der Waals surface area contributed by atoms with Crippen LogP contribution in [-0.2, 0) is 36.2 Å². The molecule has 1 amide bonds. The molecular weight excluding hydrogens is 610 g/mol. The number of carboxylic acids is 1. The monoisotopic (exact) mass is 651 g/mol. The van der Waals surface area contributed by atoms with E-state index in [1.165, 1.54) is 11.8 Å². The fraction of sp³-hybridized carbons (Fsp3) is 0.278. The fourth-order valence-corrected chi connectivity index (χ4v) is 5.33. The Kier molecular flexibility index (Phi) is 11.7. The molecule has 250 valence electrons. The number of carbonyl (C=O) groups excluding carboxylic acids is 1. The molecule has 5 rings (SSSR count). The Morgan fingerprint density at radius 1 is 0.958 bits per heavy atom. The molecule has 12 nitrogen and oxygen atoms in total. The minimum absolute atomic E-state index is 0.0578. The number of ether oxygens (including phenoxy) is 1. The molecule has 0 saturated heterocycles. The van der Waals surface area contributed by atoms with Crippen LogP contribution in [0.1, 0.15) is 33.5 Å². The molecule has 48 heavy (non-hydrogen) atoms. The molecule has 2 aromatic heterocycles. The van der Waals surface area contributed by atoms with Crippen LogP contribution in [-0.4, -0.2) is 64.4 Å². The molecule has 0 spiro atoms. The number of hydrogen-bond donors (Lipinski definition) is 6. The standard InChI is InChI=1S/C36H41N7O5/c1-43-23-30(33(44)29-13-8-26(18-32(29)43)21-42-36-38-15-16-39-36)34(45)41-22-31(35(46)47)40-20-25-6-11-28(12-7-25)27-9-4-24(5-10-27)19-37-14-3-17-48-2/h4-13,15-16,18,23,31,37,40H,3,14,17,19-22H2,1-2H3,(H,41,45)(H,46,47)(H2,38,39,42). The molecule has 2 heterocycles. The van der Waals surface area contributed by atoms with Crippen molar-refractivity contribution in [1.29, 1.82) is 0 Å². The van der Waals surface area contributed by atoms with Gasteiger partial charge in [-0.15, -0.1) is 0 Å². The van der Waals surface area contributed by atoms with Gasteiger partial charge in [0.15, 0.2) is 5.95 Å². The van der Waals surface area contributed by atoms with Crippen LogP contribution in [0.25, 0.3) is 22.0 Å². The maximum absolute atomic E-state index is 13.2. The van der Waals surface area contributed by atoms with Crippen LogP contribution in [0.5, 0.6) is 0 Å². The number of aromatic nitrogens is 3. The molecule has 0 radical (unpaired) electrons. The van der Waals surface area contributed by atoms with Gasteiger partial charge >= 0.3 is 5.97 Å². The minimum Gasteiger partial charge on any atom is -0.480 e. The number of methoxy groups -OCH3 is 1. The second-order valence-corrected chi connectivity index (χ2v) is 11.5. The summed E-state index contributed by atoms with van der Waals surface area (Å²) >= 11 is 0. The third-order valence-corrected chi connectivity index (χ3v) is 8.05. The number of aromatic amines is 1. The van der Waals surface area contributed by atoms with E-state index in [1.54, 1.807) is 37.2 Å². The third-order valence-electron chi connectivity index (χ3n) is 8.05. The first kappa shape index (κ1) is 34.0. The van der Waals surface area contributed by atoms with E-state index in [2.05, 4.69) is 55.5 Å². The lowest BCUT2D eigenvalue weighted by molar-refractivity contribution is -0.139. The number of fused-ring (bicyclic) bond motifs is 1. The van der Waals surface area contributed by atoms with Crippen LogP contribution < -0.4 is 26.7 Å². The smallest absolute Gasteiger partial charge is 0.322 e. The average Bonchev–Trinajstić information content (AvgIpc) is 3.63. The second-order valence-electron chi connectivity index (χ2n) is 11.5. The first-order chi connectivity index (χ1) is 23.3. The first-order valence-corrected chi connectivity index (χ1v) is 15.8. The first-order valence-electron chi connectivity index (χ1n) is 15.8. The second kappa shape index (κ2) is 16.5. The summed E-state index contributed by atoms with van der Waals surface area (Å²) in [5.41, 5.74) is 5.37. The van der Waals surface area contributed by atoms with Crippen molar-refractivity contribution in [2.75, 3.05) is 32.1 Å². The molecule has 5 aromatic rings. The molecule has 6 N–H and O–H groups in total. The van der Waals surface area contributed by atoms with Gasteiger partial charge in [-0.3, -0.25) is 19.7 Å². The van der Waals surface area contributed by atoms with Crippen molar-refractivity contribution in [1.82, 2.24) is 30.5 Å². The molecule has 3 aromatic carbocycles. The Morgan fingerprint density at radius 3 is 2.29 bits per heavy atom. The molecule has 0 aliphatic carbocycles. The van der Waals surface area contributed by atoms with E-state index in [4.69, 9.17) is 4.74 Å². The largest absolute Gasteiger partial charge is 0.480 e. The number of nitrogens with one attached hydrogen (secondary N) is 5. The Balaban J connectivity index is 1.14. The van der Waals surface area contributed by atoms with Gasteiger partial charge in [-0.1, -0.05) is 54.6 Å². The summed E-state index contributed by atoms with van der Waals surface area (Å²) < 4.78 is 6.79. The third kappa shape index (κ3) is 8.94. The molecular formula is C36H41N7O5. The number of rotatable bonds is 17. The zero-order valence-corrected chi connectivity index (χ0v) is 27.1. The van der Waals surface area contributed by atoms with E-state index in [-0.39, 0.29) is 18.7 Å². The number of H-pyrrole nitrogens is 1. The maximum atomic E-state index is 13.2. The van der Waals surface area contributed by atoms with Gasteiger partial charge in [0.05, 0.1) is 5.52 Å². The molecule has 0 bridgehead atoms. The molecule has 0 fully saturated rings. The number of aliphatic carboxylic acids is 1. The van der Waals surface area contributed by atoms with Crippen molar-refractivity contribution in [3.05, 3.63) is 118 Å². The van der Waals surface area contributed by atoms with Crippen molar-refractivity contribution in [3.8, 4) is 11.1 Å². The summed E-state index contributed by atoms with van der Waals surface area (Å²) in [6, 6.07) is 20.6. The molecule has 0 aliphatic rings. The predicted octanol–water partition coefficient (Wildman–Crippen LogP) is 3.64. The normalized spacial score (nSPS) is 11.8. The SMILES string of the molecule is COCCCNCc1ccc(-c2ccc(CNC(CNC(=O)c3cn(C)c4cc(CNc5ncc[nH]5)ccc4c3=O)C(=O)O)cc2)cc1. The van der Waals surface area contributed by atoms with Crippen molar-refractivity contribution in [2.24, 2.45) is 7.05 Å². The number of benzene rings is 3. The van der Waals surface area contributed by atoms with Gasteiger partial charge in [0, 0.05) is 70.9 Å². The summed E-state index contributed by atoms with van der Waals surface area (Å²) in [7, 11) is 3.46. The lowest BCUT2D eigenvalue weighted by Crippen LogP contribution is -2.46. The van der Waals surface area contributed by atoms with Crippen LogP contribution >= 0.6 is 0 Å². The Bertz CT molecular complexity index is 1870. The van der Waals surface area contributed by atoms with Gasteiger partial charge in [0.25, 0.3) is 5.91 Å². The van der Waals surface area contributed by atoms with Crippen LogP contribution in [0, 0.1) is 0 Å². The number of anilines is 1. The van der Waals surface area contributed by atoms with Crippen molar-refractivity contribution in [2.45, 2.75) is 32.1 Å². The van der Waals surface area contributed by atoms with E-state index in [1.807, 2.05) is 36.4 Å². The highest BCUT2D eigenvalue weighted by Gasteiger charge is 2.20. The Morgan fingerprint density at radius 2 is 1.65 bits per heavy atom. The highest BCUT2D eigenvalue weighted by atomic mass is 16.5. The van der Waals surface area contributed by atoms with E-state index in [9.17, 15) is 19.5 Å². The Labute approximate surface area is 278 Å². The van der Waals surface area contributed by atoms with Crippen molar-refractivity contribution < 1.29 is 19.4 Å². The summed E-state index contributed by atoms with van der Waals surface area (Å²) in [6.07, 6.45) is 5.82. The van der Waals surface area contributed by atoms with Crippen LogP contribution in [0.15, 0.2) is 90.1 Å². The van der Waals surface area contributed by atoms with Gasteiger partial charge in [0.2, 0.25) is 5.43 Å². The molecule has 1 unspecified atom stereocenters. The van der Waals surface area contributed by atoms with Crippen molar-refractivity contribution >= 4 is 28.7 Å². The minimum atomic E-state index is -1.11. The van der Waals surface area contributed by atoms with Gasteiger partial charge in [-0.2, -0.15) is 0 Å². The maximum Gasteiger partial charge on any atom is 0.322 e. The number of imidazole rings is 1. The Hall–Kier alpha value is -5.30. The summed E-state index contributed by atoms with van der Waals surface area (Å²) in [5.74, 6) is -1.10. The number of carboxylic acid groups (broad SMARTS) is 1. The van der Waals surface area contributed by atoms with Crippen LogP contribution in [0.2, 0.25) is 0 Å². The molecule has 0 saturated carbocycles. The van der Waals surface area contributed by atoms with E-state index >= 15 is 0 Å². The molecule has 12 heteroatoms. The lowest BCUT2D eigenvalue weighted by Gasteiger charge is -2.16. The zero-order valence-electron chi connectivity index (χ0n) is 27.1. The number of hydrogen-bond acceptors (Lipinski definition) is 8. The highest BCUT2D eigenvalue weighted by molar-refractivity contribution is 5.97. The summed E-state index contributed by atoms with van der Waals surface area (Å²) in [6.45, 7) is 3.03. The number of carbonyl (C=O) groups is 2. The quantitative estimate of drug-likeness (QED) is 0.0825. The number of nitrogens with zero attached hydrogens (tertiary/aromatic N) is 2. The lowest BCUT2D eigenvalue weighted by atomic mass is 10.0. The van der Waals surface area contributed by atoms with Gasteiger partial charge in [-0.05, 0) is 52.9 Å². The van der Waals surface area contributed by atoms with Gasteiger partial charge < -0.3 is 35.3 Å². The average molecular weight is 652 g/mol. The van der Waals surface area contributed by atoms with Crippen LogP contribution in [0.3, 0.4) is 0 Å². The number of aryl methyl sites for hydroxylation is 1. The summed E-state index contributed by atoms with van der Waals surface area (Å²) in [5, 5.41) is 22.4. The fourth-order valence-electron chi connectivity index (χ4n) is 5.33. The van der Waals surface area contributed by atoms with E-state index < -0.39 is 23.3 Å². The van der Waals surface area contributed by atoms with E-state index in [0.29, 0.717) is 23.4 Å².